The Morgan fingerprint density at radius 2 is 1.95 bits per heavy atom. The van der Waals surface area contributed by atoms with Crippen molar-refractivity contribution in [3.05, 3.63) is 36.0 Å². The first-order valence-corrected chi connectivity index (χ1v) is 7.36. The lowest BCUT2D eigenvalue weighted by Gasteiger charge is -2.23. The largest absolute Gasteiger partial charge is 0.350 e. The zero-order valence-electron chi connectivity index (χ0n) is 13.5. The molecule has 1 unspecified atom stereocenters. The number of nitrogens with one attached hydrogen (secondary N) is 2. The number of hydrogen-bond acceptors (Lipinski definition) is 2. The van der Waals surface area contributed by atoms with Gasteiger partial charge in [-0.2, -0.15) is 0 Å². The lowest BCUT2D eigenvalue weighted by molar-refractivity contribution is -0.124. The topological polar surface area (TPSA) is 46.1 Å². The predicted molar refractivity (Wildman–Crippen MR) is 87.1 cm³/mol. The van der Waals surface area contributed by atoms with Gasteiger partial charge in [0.15, 0.2) is 0 Å². The Morgan fingerprint density at radius 3 is 2.62 bits per heavy atom. The first kappa shape index (κ1) is 15.6. The van der Waals surface area contributed by atoms with E-state index in [1.54, 1.807) is 0 Å². The molecule has 0 aliphatic carbocycles. The molecule has 1 atom stereocenters. The number of hydrogen-bond donors (Lipinski definition) is 2. The van der Waals surface area contributed by atoms with Gasteiger partial charge in [-0.25, -0.2) is 0 Å². The summed E-state index contributed by atoms with van der Waals surface area (Å²) in [7, 11) is 2.04. The summed E-state index contributed by atoms with van der Waals surface area (Å²) < 4.78 is 2.12. The molecule has 2 aromatic rings. The first-order chi connectivity index (χ1) is 9.78. The fourth-order valence-corrected chi connectivity index (χ4v) is 2.40. The van der Waals surface area contributed by atoms with Crippen LogP contribution >= 0.6 is 0 Å². The second kappa shape index (κ2) is 5.90. The Kier molecular flexibility index (Phi) is 4.37. The molecule has 4 heteroatoms. The zero-order valence-corrected chi connectivity index (χ0v) is 13.5. The van der Waals surface area contributed by atoms with Gasteiger partial charge in [0.25, 0.3) is 0 Å². The lowest BCUT2D eigenvalue weighted by atomic mass is 10.1. The molecule has 21 heavy (non-hydrogen) atoms. The molecule has 0 spiro atoms. The number of carbonyl (C=O) groups excluding carboxylic acids is 1. The molecule has 114 valence electrons. The Morgan fingerprint density at radius 1 is 1.29 bits per heavy atom. The number of aromatic nitrogens is 1. The van der Waals surface area contributed by atoms with Gasteiger partial charge in [-0.3, -0.25) is 4.79 Å². The second-order valence-electron chi connectivity index (χ2n) is 6.62. The standard InChI is InChI=1S/C17H25N3O/c1-12(16(21)19-17(2,3)4)18-10-13-11-20(5)15-9-7-6-8-14(13)15/h6-9,11-12,18H,10H2,1-5H3,(H,19,21). The summed E-state index contributed by atoms with van der Waals surface area (Å²) in [6, 6.07) is 8.09. The highest BCUT2D eigenvalue weighted by Crippen LogP contribution is 2.20. The lowest BCUT2D eigenvalue weighted by Crippen LogP contribution is -2.49. The van der Waals surface area contributed by atoms with Gasteiger partial charge in [0, 0.05) is 36.2 Å². The molecular weight excluding hydrogens is 262 g/mol. The van der Waals surface area contributed by atoms with E-state index in [0.29, 0.717) is 6.54 Å². The molecular formula is C17H25N3O. The monoisotopic (exact) mass is 287 g/mol. The molecule has 1 aromatic heterocycles. The van der Waals surface area contributed by atoms with Gasteiger partial charge < -0.3 is 15.2 Å². The number of benzene rings is 1. The summed E-state index contributed by atoms with van der Waals surface area (Å²) >= 11 is 0. The third kappa shape index (κ3) is 3.85. The molecule has 0 fully saturated rings. The smallest absolute Gasteiger partial charge is 0.237 e. The van der Waals surface area contributed by atoms with Crippen LogP contribution in [-0.4, -0.2) is 22.1 Å². The normalized spacial score (nSPS) is 13.4. The van der Waals surface area contributed by atoms with Crippen molar-refractivity contribution in [3.8, 4) is 0 Å². The van der Waals surface area contributed by atoms with E-state index in [2.05, 4.69) is 33.5 Å². The molecule has 0 aliphatic heterocycles. The molecule has 2 rings (SSSR count). The fraction of sp³-hybridized carbons (Fsp3) is 0.471. The van der Waals surface area contributed by atoms with E-state index in [9.17, 15) is 4.79 Å². The number of nitrogens with zero attached hydrogens (tertiary/aromatic N) is 1. The van der Waals surface area contributed by atoms with E-state index in [-0.39, 0.29) is 17.5 Å². The van der Waals surface area contributed by atoms with Crippen molar-refractivity contribution >= 4 is 16.8 Å². The molecule has 4 nitrogen and oxygen atoms in total. The van der Waals surface area contributed by atoms with Gasteiger partial charge in [0.05, 0.1) is 6.04 Å². The highest BCUT2D eigenvalue weighted by atomic mass is 16.2. The van der Waals surface area contributed by atoms with Crippen molar-refractivity contribution < 1.29 is 4.79 Å². The van der Waals surface area contributed by atoms with Gasteiger partial charge in [-0.1, -0.05) is 18.2 Å². The fourth-order valence-electron chi connectivity index (χ4n) is 2.40. The van der Waals surface area contributed by atoms with Crippen molar-refractivity contribution in [1.29, 1.82) is 0 Å². The van der Waals surface area contributed by atoms with Gasteiger partial charge in [-0.05, 0) is 39.3 Å². The third-order valence-electron chi connectivity index (χ3n) is 3.47. The highest BCUT2D eigenvalue weighted by molar-refractivity contribution is 5.84. The molecule has 1 aromatic carbocycles. The maximum atomic E-state index is 12.1. The minimum absolute atomic E-state index is 0.0303. The molecule has 1 amide bonds. The molecule has 2 N–H and O–H groups in total. The number of fused-ring (bicyclic) bond motifs is 1. The van der Waals surface area contributed by atoms with Gasteiger partial charge in [-0.15, -0.1) is 0 Å². The average Bonchev–Trinajstić information content (AvgIpc) is 2.71. The molecule has 0 bridgehead atoms. The van der Waals surface area contributed by atoms with E-state index in [1.807, 2.05) is 46.9 Å². The van der Waals surface area contributed by atoms with E-state index in [1.165, 1.54) is 16.5 Å². The van der Waals surface area contributed by atoms with Crippen LogP contribution in [0.3, 0.4) is 0 Å². The van der Waals surface area contributed by atoms with E-state index < -0.39 is 0 Å². The second-order valence-corrected chi connectivity index (χ2v) is 6.62. The van der Waals surface area contributed by atoms with Gasteiger partial charge in [0.2, 0.25) is 5.91 Å². The van der Waals surface area contributed by atoms with Crippen LogP contribution in [0.2, 0.25) is 0 Å². The van der Waals surface area contributed by atoms with Crippen LogP contribution in [0.1, 0.15) is 33.3 Å². The molecule has 1 heterocycles. The number of para-hydroxylation sites is 1. The summed E-state index contributed by atoms with van der Waals surface area (Å²) in [6.07, 6.45) is 2.12. The average molecular weight is 287 g/mol. The number of aryl methyl sites for hydroxylation is 1. The summed E-state index contributed by atoms with van der Waals surface area (Å²) in [4.78, 5) is 12.1. The highest BCUT2D eigenvalue weighted by Gasteiger charge is 2.19. The SMILES string of the molecule is CC(NCc1cn(C)c2ccccc12)C(=O)NC(C)(C)C. The minimum atomic E-state index is -0.219. The van der Waals surface area contributed by atoms with Crippen LogP contribution < -0.4 is 10.6 Å². The van der Waals surface area contributed by atoms with Gasteiger partial charge >= 0.3 is 0 Å². The van der Waals surface area contributed by atoms with E-state index >= 15 is 0 Å². The third-order valence-corrected chi connectivity index (χ3v) is 3.47. The number of amides is 1. The molecule has 0 aliphatic rings. The predicted octanol–water partition coefficient (Wildman–Crippen LogP) is 2.57. The molecule has 0 saturated heterocycles. The van der Waals surface area contributed by atoms with Gasteiger partial charge in [0.1, 0.15) is 0 Å². The Labute approximate surface area is 126 Å². The number of carbonyl (C=O) groups is 1. The van der Waals surface area contributed by atoms with Crippen LogP contribution in [0.25, 0.3) is 10.9 Å². The van der Waals surface area contributed by atoms with Crippen LogP contribution in [-0.2, 0) is 18.4 Å². The van der Waals surface area contributed by atoms with E-state index in [4.69, 9.17) is 0 Å². The quantitative estimate of drug-likeness (QED) is 0.908. The van der Waals surface area contributed by atoms with Crippen LogP contribution in [0.15, 0.2) is 30.5 Å². The Bertz CT molecular complexity index is 637. The Balaban J connectivity index is 2.03. The first-order valence-electron chi connectivity index (χ1n) is 7.36. The van der Waals surface area contributed by atoms with Crippen molar-refractivity contribution in [2.75, 3.05) is 0 Å². The van der Waals surface area contributed by atoms with Crippen LogP contribution in [0, 0.1) is 0 Å². The number of rotatable bonds is 4. The Hall–Kier alpha value is -1.81. The van der Waals surface area contributed by atoms with Crippen molar-refractivity contribution in [3.63, 3.8) is 0 Å². The van der Waals surface area contributed by atoms with Crippen molar-refractivity contribution in [2.24, 2.45) is 7.05 Å². The summed E-state index contributed by atoms with van der Waals surface area (Å²) in [6.45, 7) is 8.54. The van der Waals surface area contributed by atoms with Crippen LogP contribution in [0.5, 0.6) is 0 Å². The van der Waals surface area contributed by atoms with Crippen molar-refractivity contribution in [1.82, 2.24) is 15.2 Å². The van der Waals surface area contributed by atoms with Crippen molar-refractivity contribution in [2.45, 2.75) is 45.8 Å². The summed E-state index contributed by atoms with van der Waals surface area (Å²) in [5.41, 5.74) is 2.22. The maximum Gasteiger partial charge on any atom is 0.237 e. The van der Waals surface area contributed by atoms with E-state index in [0.717, 1.165) is 0 Å². The summed E-state index contributed by atoms with van der Waals surface area (Å²) in [5.74, 6) is 0.0303. The molecule has 0 radical (unpaired) electrons. The maximum absolute atomic E-state index is 12.1. The summed E-state index contributed by atoms with van der Waals surface area (Å²) in [5, 5.41) is 7.52. The van der Waals surface area contributed by atoms with Crippen LogP contribution in [0.4, 0.5) is 0 Å². The molecule has 0 saturated carbocycles. The zero-order chi connectivity index (χ0) is 15.6. The minimum Gasteiger partial charge on any atom is -0.350 e.